The zero-order chi connectivity index (χ0) is 10.1. The van der Waals surface area contributed by atoms with Crippen LogP contribution in [0, 0.1) is 0 Å². The molecule has 0 saturated heterocycles. The van der Waals surface area contributed by atoms with Crippen molar-refractivity contribution in [1.29, 1.82) is 0 Å². The van der Waals surface area contributed by atoms with E-state index in [0.29, 0.717) is 5.65 Å². The largest absolute Gasteiger partial charge is 0.364 e. The fraction of sp³-hybridized carbons (Fsp3) is 0. The maximum Gasteiger partial charge on any atom is 0.267 e. The molecule has 0 aliphatic heterocycles. The van der Waals surface area contributed by atoms with Crippen LogP contribution in [0.3, 0.4) is 0 Å². The van der Waals surface area contributed by atoms with E-state index in [9.17, 15) is 4.79 Å². The Balaban J connectivity index is 2.67. The fourth-order valence-electron chi connectivity index (χ4n) is 1.12. The SMILES string of the molecule is NC(=O)c1ccc2cc(Br)cnc2n1. The molecule has 0 aliphatic rings. The van der Waals surface area contributed by atoms with Crippen LogP contribution in [0.25, 0.3) is 11.0 Å². The van der Waals surface area contributed by atoms with Gasteiger partial charge in [-0.2, -0.15) is 0 Å². The number of carbonyl (C=O) groups is 1. The summed E-state index contributed by atoms with van der Waals surface area (Å²) in [5, 5.41) is 0.865. The average Bonchev–Trinajstić information content (AvgIpc) is 2.16. The highest BCUT2D eigenvalue weighted by atomic mass is 79.9. The summed E-state index contributed by atoms with van der Waals surface area (Å²) in [6.07, 6.45) is 1.63. The van der Waals surface area contributed by atoms with Gasteiger partial charge in [-0.05, 0) is 34.1 Å². The number of hydrogen-bond donors (Lipinski definition) is 1. The van der Waals surface area contributed by atoms with E-state index in [1.807, 2.05) is 6.07 Å². The standard InChI is InChI=1S/C9H6BrN3O/c10-6-3-5-1-2-7(8(11)14)13-9(5)12-4-6/h1-4H,(H2,11,14). The Morgan fingerprint density at radius 2 is 2.21 bits per heavy atom. The van der Waals surface area contributed by atoms with Gasteiger partial charge < -0.3 is 5.73 Å². The van der Waals surface area contributed by atoms with E-state index in [2.05, 4.69) is 25.9 Å². The van der Waals surface area contributed by atoms with Crippen molar-refractivity contribution in [2.45, 2.75) is 0 Å². The van der Waals surface area contributed by atoms with E-state index < -0.39 is 5.91 Å². The number of primary amides is 1. The molecule has 0 saturated carbocycles. The van der Waals surface area contributed by atoms with E-state index in [-0.39, 0.29) is 5.69 Å². The van der Waals surface area contributed by atoms with Crippen molar-refractivity contribution in [3.05, 3.63) is 34.6 Å². The second-order valence-electron chi connectivity index (χ2n) is 2.76. The van der Waals surface area contributed by atoms with Gasteiger partial charge in [-0.3, -0.25) is 4.79 Å². The Bertz CT molecular complexity index is 512. The summed E-state index contributed by atoms with van der Waals surface area (Å²) >= 11 is 3.30. The minimum atomic E-state index is -0.545. The normalized spacial score (nSPS) is 10.4. The Labute approximate surface area is 88.3 Å². The minimum absolute atomic E-state index is 0.229. The second-order valence-corrected chi connectivity index (χ2v) is 3.68. The van der Waals surface area contributed by atoms with Gasteiger partial charge in [-0.15, -0.1) is 0 Å². The van der Waals surface area contributed by atoms with Crippen molar-refractivity contribution in [2.24, 2.45) is 5.73 Å². The molecule has 0 bridgehead atoms. The lowest BCUT2D eigenvalue weighted by Crippen LogP contribution is -2.12. The molecule has 0 aromatic carbocycles. The van der Waals surface area contributed by atoms with Gasteiger partial charge in [0.25, 0.3) is 5.91 Å². The molecule has 70 valence electrons. The molecule has 0 aliphatic carbocycles. The fourth-order valence-corrected chi connectivity index (χ4v) is 1.47. The number of carbonyl (C=O) groups excluding carboxylic acids is 1. The summed E-state index contributed by atoms with van der Waals surface area (Å²) in [5.74, 6) is -0.545. The van der Waals surface area contributed by atoms with Crippen molar-refractivity contribution in [1.82, 2.24) is 9.97 Å². The van der Waals surface area contributed by atoms with Crippen LogP contribution in [0.4, 0.5) is 0 Å². The van der Waals surface area contributed by atoms with E-state index in [4.69, 9.17) is 5.73 Å². The first-order valence-electron chi connectivity index (χ1n) is 3.89. The van der Waals surface area contributed by atoms with Gasteiger partial charge in [0.2, 0.25) is 0 Å². The smallest absolute Gasteiger partial charge is 0.267 e. The lowest BCUT2D eigenvalue weighted by molar-refractivity contribution is 0.0996. The minimum Gasteiger partial charge on any atom is -0.364 e. The highest BCUT2D eigenvalue weighted by molar-refractivity contribution is 9.10. The molecule has 2 N–H and O–H groups in total. The van der Waals surface area contributed by atoms with E-state index in [1.165, 1.54) is 0 Å². The van der Waals surface area contributed by atoms with Crippen molar-refractivity contribution < 1.29 is 4.79 Å². The van der Waals surface area contributed by atoms with Gasteiger partial charge in [0, 0.05) is 16.1 Å². The predicted molar refractivity (Wildman–Crippen MR) is 55.8 cm³/mol. The molecule has 0 fully saturated rings. The molecule has 0 unspecified atom stereocenters. The first-order valence-corrected chi connectivity index (χ1v) is 4.68. The molecule has 5 heteroatoms. The number of pyridine rings is 2. The Kier molecular flexibility index (Phi) is 2.17. The molecule has 2 aromatic rings. The molecule has 14 heavy (non-hydrogen) atoms. The van der Waals surface area contributed by atoms with Gasteiger partial charge >= 0.3 is 0 Å². The molecule has 2 heterocycles. The third kappa shape index (κ3) is 1.58. The number of aromatic nitrogens is 2. The average molecular weight is 252 g/mol. The molecule has 4 nitrogen and oxygen atoms in total. The summed E-state index contributed by atoms with van der Waals surface area (Å²) in [4.78, 5) is 18.9. The molecule has 1 amide bonds. The van der Waals surface area contributed by atoms with Gasteiger partial charge in [0.1, 0.15) is 5.69 Å². The van der Waals surface area contributed by atoms with E-state index >= 15 is 0 Å². The van der Waals surface area contributed by atoms with Crippen molar-refractivity contribution in [3.63, 3.8) is 0 Å². The lowest BCUT2D eigenvalue weighted by Gasteiger charge is -1.98. The Morgan fingerprint density at radius 1 is 1.43 bits per heavy atom. The van der Waals surface area contributed by atoms with Gasteiger partial charge in [-0.25, -0.2) is 9.97 Å². The van der Waals surface area contributed by atoms with Crippen LogP contribution in [-0.4, -0.2) is 15.9 Å². The summed E-state index contributed by atoms with van der Waals surface area (Å²) in [6, 6.07) is 5.22. The summed E-state index contributed by atoms with van der Waals surface area (Å²) < 4.78 is 0.874. The molecule has 0 radical (unpaired) electrons. The van der Waals surface area contributed by atoms with Gasteiger partial charge in [0.15, 0.2) is 5.65 Å². The first-order chi connectivity index (χ1) is 6.66. The maximum atomic E-state index is 10.8. The van der Waals surface area contributed by atoms with Crippen LogP contribution in [0.2, 0.25) is 0 Å². The number of halogens is 1. The number of nitrogens with two attached hydrogens (primary N) is 1. The van der Waals surface area contributed by atoms with Crippen LogP contribution in [-0.2, 0) is 0 Å². The third-order valence-corrected chi connectivity index (χ3v) is 2.19. The Hall–Kier alpha value is -1.49. The highest BCUT2D eigenvalue weighted by Crippen LogP contribution is 2.15. The zero-order valence-electron chi connectivity index (χ0n) is 7.07. The number of hydrogen-bond acceptors (Lipinski definition) is 3. The van der Waals surface area contributed by atoms with Crippen LogP contribution < -0.4 is 5.73 Å². The second kappa shape index (κ2) is 3.34. The van der Waals surface area contributed by atoms with Crippen molar-refractivity contribution >= 4 is 32.9 Å². The van der Waals surface area contributed by atoms with E-state index in [0.717, 1.165) is 9.86 Å². The van der Waals surface area contributed by atoms with Gasteiger partial charge in [0.05, 0.1) is 0 Å². The first kappa shape index (κ1) is 9.08. The number of fused-ring (bicyclic) bond motifs is 1. The Morgan fingerprint density at radius 3 is 2.93 bits per heavy atom. The highest BCUT2D eigenvalue weighted by Gasteiger charge is 2.04. The molecule has 2 rings (SSSR count). The number of rotatable bonds is 1. The monoisotopic (exact) mass is 251 g/mol. The predicted octanol–water partition coefficient (Wildman–Crippen LogP) is 1.49. The van der Waals surface area contributed by atoms with Crippen molar-refractivity contribution in [3.8, 4) is 0 Å². The molecular weight excluding hydrogens is 246 g/mol. The molecular formula is C9H6BrN3O. The summed E-state index contributed by atoms with van der Waals surface area (Å²) in [7, 11) is 0. The van der Waals surface area contributed by atoms with E-state index in [1.54, 1.807) is 18.3 Å². The van der Waals surface area contributed by atoms with Crippen LogP contribution in [0.1, 0.15) is 10.5 Å². The number of nitrogens with zero attached hydrogens (tertiary/aromatic N) is 2. The van der Waals surface area contributed by atoms with Crippen LogP contribution in [0.5, 0.6) is 0 Å². The van der Waals surface area contributed by atoms with Gasteiger partial charge in [-0.1, -0.05) is 0 Å². The van der Waals surface area contributed by atoms with Crippen molar-refractivity contribution in [2.75, 3.05) is 0 Å². The molecule has 0 spiro atoms. The molecule has 2 aromatic heterocycles. The lowest BCUT2D eigenvalue weighted by atomic mass is 10.2. The zero-order valence-corrected chi connectivity index (χ0v) is 8.65. The third-order valence-electron chi connectivity index (χ3n) is 1.76. The van der Waals surface area contributed by atoms with Crippen LogP contribution >= 0.6 is 15.9 Å². The topological polar surface area (TPSA) is 68.9 Å². The quantitative estimate of drug-likeness (QED) is 0.835. The molecule has 0 atom stereocenters. The van der Waals surface area contributed by atoms with Crippen LogP contribution in [0.15, 0.2) is 28.9 Å². The summed E-state index contributed by atoms with van der Waals surface area (Å²) in [6.45, 7) is 0. The maximum absolute atomic E-state index is 10.8. The number of amides is 1. The summed E-state index contributed by atoms with van der Waals surface area (Å²) in [5.41, 5.74) is 5.84.